The Morgan fingerprint density at radius 2 is 1.84 bits per heavy atom. The minimum atomic E-state index is -0.505. The van der Waals surface area contributed by atoms with E-state index >= 15 is 0 Å². The normalized spacial score (nSPS) is 14.5. The zero-order valence-electron chi connectivity index (χ0n) is 20.7. The zero-order chi connectivity index (χ0) is 25.9. The molecule has 1 aliphatic heterocycles. The van der Waals surface area contributed by atoms with Crippen molar-refractivity contribution < 1.29 is 18.7 Å². The average Bonchev–Trinajstić information content (AvgIpc) is 3.46. The molecule has 0 unspecified atom stereocenters. The topological polar surface area (TPSA) is 81.4 Å². The maximum atomic E-state index is 13.8. The van der Waals surface area contributed by atoms with Crippen molar-refractivity contribution in [3.63, 3.8) is 0 Å². The number of aryl methyl sites for hydroxylation is 1. The molecule has 190 valence electrons. The van der Waals surface area contributed by atoms with Crippen LogP contribution in [0.2, 0.25) is 0 Å². The number of nitrogens with one attached hydrogen (secondary N) is 1. The average molecular weight is 502 g/mol. The number of hydrogen-bond acceptors (Lipinski definition) is 4. The Morgan fingerprint density at radius 1 is 1.08 bits per heavy atom. The third kappa shape index (κ3) is 4.72. The van der Waals surface area contributed by atoms with Crippen molar-refractivity contribution in [2.75, 3.05) is 13.2 Å². The first kappa shape index (κ1) is 24.3. The van der Waals surface area contributed by atoms with Crippen LogP contribution in [0.15, 0.2) is 72.9 Å². The molecule has 1 N–H and O–H groups in total. The highest BCUT2D eigenvalue weighted by Gasteiger charge is 2.35. The number of esters is 1. The van der Waals surface area contributed by atoms with Crippen LogP contribution in [0.3, 0.4) is 0 Å². The lowest BCUT2D eigenvalue weighted by molar-refractivity contribution is -0.142. The minimum absolute atomic E-state index is 0.0707. The van der Waals surface area contributed by atoms with Gasteiger partial charge in [-0.1, -0.05) is 30.3 Å². The molecule has 4 aromatic rings. The number of fused-ring (bicyclic) bond motifs is 3. The number of urea groups is 1. The van der Waals surface area contributed by atoms with Crippen LogP contribution in [-0.4, -0.2) is 44.4 Å². The number of nitrogens with zero attached hydrogens (tertiary/aromatic N) is 4. The Kier molecular flexibility index (Phi) is 6.76. The van der Waals surface area contributed by atoms with Gasteiger partial charge in [0, 0.05) is 18.3 Å². The van der Waals surface area contributed by atoms with Gasteiger partial charge in [-0.2, -0.15) is 5.10 Å². The predicted molar refractivity (Wildman–Crippen MR) is 136 cm³/mol. The third-order valence-corrected chi connectivity index (χ3v) is 6.44. The first-order chi connectivity index (χ1) is 18.0. The molecule has 0 saturated heterocycles. The van der Waals surface area contributed by atoms with Gasteiger partial charge in [0.15, 0.2) is 0 Å². The van der Waals surface area contributed by atoms with Gasteiger partial charge >= 0.3 is 12.0 Å². The molecular formula is C28H28FN5O3. The van der Waals surface area contributed by atoms with Crippen LogP contribution >= 0.6 is 0 Å². The van der Waals surface area contributed by atoms with E-state index in [1.165, 1.54) is 12.1 Å². The highest BCUT2D eigenvalue weighted by molar-refractivity contribution is 5.77. The van der Waals surface area contributed by atoms with Gasteiger partial charge in [0.2, 0.25) is 0 Å². The van der Waals surface area contributed by atoms with Crippen molar-refractivity contribution in [1.82, 2.24) is 24.6 Å². The van der Waals surface area contributed by atoms with Gasteiger partial charge < -0.3 is 19.5 Å². The zero-order valence-corrected chi connectivity index (χ0v) is 20.7. The second-order valence-electron chi connectivity index (χ2n) is 8.81. The lowest BCUT2D eigenvalue weighted by atomic mass is 10.0. The molecular weight excluding hydrogens is 473 g/mol. The molecule has 1 aliphatic rings. The van der Waals surface area contributed by atoms with E-state index in [0.717, 1.165) is 34.0 Å². The second kappa shape index (κ2) is 10.3. The summed E-state index contributed by atoms with van der Waals surface area (Å²) in [6.07, 6.45) is 2.02. The van der Waals surface area contributed by atoms with Gasteiger partial charge in [0.25, 0.3) is 0 Å². The lowest BCUT2D eigenvalue weighted by Gasteiger charge is -2.31. The number of ether oxygens (including phenoxy) is 1. The fourth-order valence-corrected chi connectivity index (χ4v) is 4.75. The molecule has 3 heterocycles. The summed E-state index contributed by atoms with van der Waals surface area (Å²) in [5.41, 5.74) is 4.19. The number of para-hydroxylation sites is 1. The molecule has 5 rings (SSSR count). The van der Waals surface area contributed by atoms with Crippen molar-refractivity contribution in [2.45, 2.75) is 32.9 Å². The molecule has 2 aromatic heterocycles. The third-order valence-electron chi connectivity index (χ3n) is 6.44. The Hall–Kier alpha value is -4.40. The molecule has 0 bridgehead atoms. The summed E-state index contributed by atoms with van der Waals surface area (Å²) in [6.45, 7) is 4.36. The van der Waals surface area contributed by atoms with Crippen molar-refractivity contribution in [3.8, 4) is 11.5 Å². The summed E-state index contributed by atoms with van der Waals surface area (Å²) in [5.74, 6) is 0.125. The van der Waals surface area contributed by atoms with E-state index < -0.39 is 6.04 Å². The van der Waals surface area contributed by atoms with Gasteiger partial charge in [0.1, 0.15) is 11.6 Å². The number of hydrogen-bond donors (Lipinski definition) is 1. The molecule has 1 atom stereocenters. The lowest BCUT2D eigenvalue weighted by Crippen LogP contribution is -2.42. The fourth-order valence-electron chi connectivity index (χ4n) is 4.75. The SMILES string of the molecule is CCOC(=O)CCNC(=O)N1Cc2c(C)nn(-c3ccccc3)c2-n2cccc2[C@H]1c1ccc(F)cc1. The Morgan fingerprint density at radius 3 is 2.57 bits per heavy atom. The van der Waals surface area contributed by atoms with E-state index in [4.69, 9.17) is 9.84 Å². The molecule has 0 saturated carbocycles. The summed E-state index contributed by atoms with van der Waals surface area (Å²) in [6, 6.07) is 19.1. The number of rotatable bonds is 6. The van der Waals surface area contributed by atoms with E-state index in [9.17, 15) is 14.0 Å². The molecule has 2 amide bonds. The van der Waals surface area contributed by atoms with E-state index in [2.05, 4.69) is 5.32 Å². The summed E-state index contributed by atoms with van der Waals surface area (Å²) >= 11 is 0. The number of carbonyl (C=O) groups is 2. The number of benzene rings is 2. The van der Waals surface area contributed by atoms with Crippen molar-refractivity contribution in [1.29, 1.82) is 0 Å². The number of halogens is 1. The van der Waals surface area contributed by atoms with Gasteiger partial charge in [-0.05, 0) is 55.8 Å². The Bertz CT molecular complexity index is 1410. The van der Waals surface area contributed by atoms with Crippen molar-refractivity contribution in [3.05, 3.63) is 101 Å². The molecule has 37 heavy (non-hydrogen) atoms. The van der Waals surface area contributed by atoms with Crippen molar-refractivity contribution >= 4 is 12.0 Å². The molecule has 8 nitrogen and oxygen atoms in total. The van der Waals surface area contributed by atoms with Crippen LogP contribution in [0.5, 0.6) is 0 Å². The van der Waals surface area contributed by atoms with Gasteiger partial charge in [-0.25, -0.2) is 13.9 Å². The second-order valence-corrected chi connectivity index (χ2v) is 8.81. The largest absolute Gasteiger partial charge is 0.466 e. The van der Waals surface area contributed by atoms with Crippen LogP contribution < -0.4 is 5.32 Å². The standard InChI is InChI=1S/C28H28FN5O3/c1-3-37-25(35)15-16-30-28(36)33-18-23-19(2)31-34(22-8-5-4-6-9-22)27(23)32-17-7-10-24(32)26(33)20-11-13-21(29)14-12-20/h4-14,17,26H,3,15-16,18H2,1-2H3,(H,30,36)/t26-/m1/s1. The monoisotopic (exact) mass is 501 g/mol. The number of amides is 2. The number of aromatic nitrogens is 3. The van der Waals surface area contributed by atoms with E-state index in [0.29, 0.717) is 0 Å². The van der Waals surface area contributed by atoms with Crippen LogP contribution in [0, 0.1) is 12.7 Å². The maximum absolute atomic E-state index is 13.8. The first-order valence-electron chi connectivity index (χ1n) is 12.2. The molecule has 0 spiro atoms. The fraction of sp³-hybridized carbons (Fsp3) is 0.250. The molecule has 0 aliphatic carbocycles. The number of carbonyl (C=O) groups excluding carboxylic acids is 2. The highest BCUT2D eigenvalue weighted by Crippen LogP contribution is 2.38. The Labute approximate surface area is 214 Å². The van der Waals surface area contributed by atoms with Crippen LogP contribution in [0.25, 0.3) is 11.5 Å². The van der Waals surface area contributed by atoms with Crippen LogP contribution in [0.4, 0.5) is 9.18 Å². The highest BCUT2D eigenvalue weighted by atomic mass is 19.1. The summed E-state index contributed by atoms with van der Waals surface area (Å²) in [4.78, 5) is 27.1. The first-order valence-corrected chi connectivity index (χ1v) is 12.2. The van der Waals surface area contributed by atoms with Crippen molar-refractivity contribution in [2.24, 2.45) is 0 Å². The van der Waals surface area contributed by atoms with E-state index in [-0.39, 0.29) is 43.9 Å². The smallest absolute Gasteiger partial charge is 0.318 e. The van der Waals surface area contributed by atoms with E-state index in [1.807, 2.05) is 64.8 Å². The molecule has 0 fully saturated rings. The van der Waals surface area contributed by atoms with Gasteiger partial charge in [-0.15, -0.1) is 0 Å². The van der Waals surface area contributed by atoms with Crippen LogP contribution in [-0.2, 0) is 16.1 Å². The van der Waals surface area contributed by atoms with Gasteiger partial charge in [-0.3, -0.25) is 4.79 Å². The predicted octanol–water partition coefficient (Wildman–Crippen LogP) is 4.68. The maximum Gasteiger partial charge on any atom is 0.318 e. The molecule has 0 radical (unpaired) electrons. The van der Waals surface area contributed by atoms with E-state index in [1.54, 1.807) is 24.0 Å². The summed E-state index contributed by atoms with van der Waals surface area (Å²) < 4.78 is 22.7. The van der Waals surface area contributed by atoms with Gasteiger partial charge in [0.05, 0.1) is 42.7 Å². The minimum Gasteiger partial charge on any atom is -0.466 e. The summed E-state index contributed by atoms with van der Waals surface area (Å²) in [7, 11) is 0. The van der Waals surface area contributed by atoms with Crippen LogP contribution in [0.1, 0.15) is 41.9 Å². The molecule has 9 heteroatoms. The Balaban J connectivity index is 1.60. The molecule has 2 aromatic carbocycles. The summed E-state index contributed by atoms with van der Waals surface area (Å²) in [5, 5.41) is 7.69. The quantitative estimate of drug-likeness (QED) is 0.389.